The van der Waals surface area contributed by atoms with Gasteiger partial charge in [-0.05, 0) is 38.2 Å². The molecule has 1 unspecified atom stereocenters. The predicted molar refractivity (Wildman–Crippen MR) is 76.3 cm³/mol. The van der Waals surface area contributed by atoms with Crippen LogP contribution in [-0.2, 0) is 4.74 Å². The van der Waals surface area contributed by atoms with Crippen molar-refractivity contribution >= 4 is 17.4 Å². The van der Waals surface area contributed by atoms with E-state index in [-0.39, 0.29) is 0 Å². The van der Waals surface area contributed by atoms with Gasteiger partial charge in [0, 0.05) is 11.8 Å². The zero-order chi connectivity index (χ0) is 12.6. The summed E-state index contributed by atoms with van der Waals surface area (Å²) in [6.07, 6.45) is 6.68. The summed E-state index contributed by atoms with van der Waals surface area (Å²) in [7, 11) is 0. The zero-order valence-corrected chi connectivity index (χ0v) is 11.9. The van der Waals surface area contributed by atoms with Crippen LogP contribution in [0.15, 0.2) is 18.3 Å². The second kappa shape index (κ2) is 4.74. The maximum absolute atomic E-state index is 5.61. The second-order valence-corrected chi connectivity index (χ2v) is 6.43. The lowest BCUT2D eigenvalue weighted by molar-refractivity contribution is 0.0864. The molecule has 3 nitrogen and oxygen atoms in total. The highest BCUT2D eigenvalue weighted by molar-refractivity contribution is 7.98. The molecule has 3 rings (SSSR count). The first-order chi connectivity index (χ1) is 8.75. The van der Waals surface area contributed by atoms with Crippen molar-refractivity contribution in [2.75, 3.05) is 30.9 Å². The lowest BCUT2D eigenvalue weighted by Crippen LogP contribution is -2.47. The van der Waals surface area contributed by atoms with Gasteiger partial charge in [0.1, 0.15) is 0 Å². The van der Waals surface area contributed by atoms with Crippen molar-refractivity contribution in [1.82, 2.24) is 4.98 Å². The van der Waals surface area contributed by atoms with Gasteiger partial charge in [0.15, 0.2) is 0 Å². The summed E-state index contributed by atoms with van der Waals surface area (Å²) in [4.78, 5) is 7.11. The Kier molecular flexibility index (Phi) is 3.24. The molecule has 4 heteroatoms. The van der Waals surface area contributed by atoms with E-state index in [0.717, 1.165) is 19.8 Å². The SMILES string of the molecule is CSC(C)c1ccc(N2CCOCC23CC3)cn1. The fourth-order valence-electron chi connectivity index (χ4n) is 2.61. The first kappa shape index (κ1) is 12.3. The van der Waals surface area contributed by atoms with Gasteiger partial charge >= 0.3 is 0 Å². The Morgan fingerprint density at radius 3 is 2.89 bits per heavy atom. The summed E-state index contributed by atoms with van der Waals surface area (Å²) < 4.78 is 5.61. The summed E-state index contributed by atoms with van der Waals surface area (Å²) in [5.74, 6) is 0. The van der Waals surface area contributed by atoms with E-state index < -0.39 is 0 Å². The minimum atomic E-state index is 0.298. The minimum Gasteiger partial charge on any atom is -0.377 e. The van der Waals surface area contributed by atoms with E-state index >= 15 is 0 Å². The molecule has 1 aliphatic carbocycles. The molecule has 1 aliphatic heterocycles. The van der Waals surface area contributed by atoms with Crippen molar-refractivity contribution < 1.29 is 4.74 Å². The fraction of sp³-hybridized carbons (Fsp3) is 0.643. The van der Waals surface area contributed by atoms with Crippen molar-refractivity contribution in [2.24, 2.45) is 0 Å². The summed E-state index contributed by atoms with van der Waals surface area (Å²) >= 11 is 1.84. The number of anilines is 1. The van der Waals surface area contributed by atoms with Gasteiger partial charge in [-0.2, -0.15) is 11.8 Å². The normalized spacial score (nSPS) is 23.1. The Morgan fingerprint density at radius 1 is 1.44 bits per heavy atom. The van der Waals surface area contributed by atoms with Crippen LogP contribution in [0.25, 0.3) is 0 Å². The number of hydrogen-bond donors (Lipinski definition) is 0. The van der Waals surface area contributed by atoms with E-state index in [1.54, 1.807) is 0 Å². The number of rotatable bonds is 3. The highest BCUT2D eigenvalue weighted by Gasteiger charge is 2.50. The van der Waals surface area contributed by atoms with Gasteiger partial charge in [-0.1, -0.05) is 0 Å². The van der Waals surface area contributed by atoms with Crippen LogP contribution in [0.4, 0.5) is 5.69 Å². The van der Waals surface area contributed by atoms with Gasteiger partial charge in [0.2, 0.25) is 0 Å². The number of hydrogen-bond acceptors (Lipinski definition) is 4. The van der Waals surface area contributed by atoms with Crippen LogP contribution in [0.1, 0.15) is 30.7 Å². The summed E-state index contributed by atoms with van der Waals surface area (Å²) in [6.45, 7) is 4.92. The molecule has 2 aliphatic rings. The van der Waals surface area contributed by atoms with Crippen LogP contribution in [-0.4, -0.2) is 36.5 Å². The topological polar surface area (TPSA) is 25.4 Å². The van der Waals surface area contributed by atoms with Crippen LogP contribution >= 0.6 is 11.8 Å². The van der Waals surface area contributed by atoms with E-state index in [1.165, 1.54) is 24.2 Å². The van der Waals surface area contributed by atoms with Crippen molar-refractivity contribution in [3.05, 3.63) is 24.0 Å². The maximum Gasteiger partial charge on any atom is 0.0699 e. The molecule has 18 heavy (non-hydrogen) atoms. The Bertz CT molecular complexity index is 416. The monoisotopic (exact) mass is 264 g/mol. The van der Waals surface area contributed by atoms with Gasteiger partial charge in [0.05, 0.1) is 36.3 Å². The molecular formula is C14H20N2OS. The molecule has 1 saturated carbocycles. The smallest absolute Gasteiger partial charge is 0.0699 e. The number of nitrogens with zero attached hydrogens (tertiary/aromatic N) is 2. The summed E-state index contributed by atoms with van der Waals surface area (Å²) in [5.41, 5.74) is 2.73. The van der Waals surface area contributed by atoms with Gasteiger partial charge in [0.25, 0.3) is 0 Å². The average Bonchev–Trinajstić information content (AvgIpc) is 3.19. The van der Waals surface area contributed by atoms with Crippen LogP contribution in [0, 0.1) is 0 Å². The molecule has 0 amide bonds. The van der Waals surface area contributed by atoms with Crippen molar-refractivity contribution in [1.29, 1.82) is 0 Å². The van der Waals surface area contributed by atoms with Gasteiger partial charge in [-0.3, -0.25) is 4.98 Å². The van der Waals surface area contributed by atoms with Crippen LogP contribution in [0.3, 0.4) is 0 Å². The Hall–Kier alpha value is -0.740. The molecule has 0 bridgehead atoms. The minimum absolute atomic E-state index is 0.298. The molecule has 1 spiro atoms. The quantitative estimate of drug-likeness (QED) is 0.838. The van der Waals surface area contributed by atoms with Gasteiger partial charge in [-0.25, -0.2) is 0 Å². The van der Waals surface area contributed by atoms with E-state index in [9.17, 15) is 0 Å². The fourth-order valence-corrected chi connectivity index (χ4v) is 2.99. The lowest BCUT2D eigenvalue weighted by atomic mass is 10.1. The third-order valence-corrected chi connectivity index (χ3v) is 5.03. The standard InChI is InChI=1S/C14H20N2OS/c1-11(18-2)13-4-3-12(9-15-13)16-7-8-17-10-14(16)5-6-14/h3-4,9,11H,5-8,10H2,1-2H3. The largest absolute Gasteiger partial charge is 0.377 e. The van der Waals surface area contributed by atoms with E-state index in [2.05, 4.69) is 35.2 Å². The average molecular weight is 264 g/mol. The Balaban J connectivity index is 1.80. The van der Waals surface area contributed by atoms with Crippen LogP contribution < -0.4 is 4.90 Å². The molecule has 1 aromatic rings. The van der Waals surface area contributed by atoms with Gasteiger partial charge < -0.3 is 9.64 Å². The highest BCUT2D eigenvalue weighted by atomic mass is 32.2. The lowest BCUT2D eigenvalue weighted by Gasteiger charge is -2.37. The number of aromatic nitrogens is 1. The number of thioether (sulfide) groups is 1. The Labute approximate surface area is 113 Å². The molecule has 1 aromatic heterocycles. The molecular weight excluding hydrogens is 244 g/mol. The van der Waals surface area contributed by atoms with E-state index in [1.807, 2.05) is 18.0 Å². The second-order valence-electron chi connectivity index (χ2n) is 5.25. The summed E-state index contributed by atoms with van der Waals surface area (Å²) in [5, 5.41) is 0.471. The third-order valence-electron chi connectivity index (χ3n) is 4.08. The zero-order valence-electron chi connectivity index (χ0n) is 11.1. The highest BCUT2D eigenvalue weighted by Crippen LogP contribution is 2.45. The summed E-state index contributed by atoms with van der Waals surface area (Å²) in [6, 6.07) is 4.39. The molecule has 0 radical (unpaired) electrons. The van der Waals surface area contributed by atoms with Crippen LogP contribution in [0.5, 0.6) is 0 Å². The van der Waals surface area contributed by atoms with Crippen molar-refractivity contribution in [3.63, 3.8) is 0 Å². The van der Waals surface area contributed by atoms with Crippen molar-refractivity contribution in [2.45, 2.75) is 30.6 Å². The third kappa shape index (κ3) is 2.12. The first-order valence-corrected chi connectivity index (χ1v) is 7.88. The molecule has 98 valence electrons. The molecule has 0 N–H and O–H groups in total. The van der Waals surface area contributed by atoms with Crippen molar-refractivity contribution in [3.8, 4) is 0 Å². The molecule has 2 fully saturated rings. The number of ether oxygens (including phenoxy) is 1. The molecule has 2 heterocycles. The Morgan fingerprint density at radius 2 is 2.28 bits per heavy atom. The van der Waals surface area contributed by atoms with Crippen LogP contribution in [0.2, 0.25) is 0 Å². The maximum atomic E-state index is 5.61. The molecule has 1 saturated heterocycles. The van der Waals surface area contributed by atoms with E-state index in [4.69, 9.17) is 4.74 Å². The first-order valence-electron chi connectivity index (χ1n) is 6.59. The van der Waals surface area contributed by atoms with E-state index in [0.29, 0.717) is 10.8 Å². The molecule has 0 aromatic carbocycles. The number of pyridine rings is 1. The molecule has 1 atom stereocenters. The number of morpholine rings is 1. The van der Waals surface area contributed by atoms with Gasteiger partial charge in [-0.15, -0.1) is 0 Å². The predicted octanol–water partition coefficient (Wildman–Crippen LogP) is 2.87.